The number of fused-ring (bicyclic) bond motifs is 2. The van der Waals surface area contributed by atoms with Gasteiger partial charge in [0.1, 0.15) is 5.75 Å². The zero-order chi connectivity index (χ0) is 18.1. The van der Waals surface area contributed by atoms with E-state index >= 15 is 0 Å². The van der Waals surface area contributed by atoms with Crippen molar-refractivity contribution in [1.82, 2.24) is 0 Å². The molecule has 0 atom stereocenters. The fourth-order valence-electron chi connectivity index (χ4n) is 3.93. The van der Waals surface area contributed by atoms with Crippen LogP contribution in [0.3, 0.4) is 0 Å². The number of hydrogen-bond donors (Lipinski definition) is 1. The van der Waals surface area contributed by atoms with E-state index in [0.29, 0.717) is 5.75 Å². The van der Waals surface area contributed by atoms with Gasteiger partial charge in [-0.15, -0.1) is 0 Å². The fraction of sp³-hybridized carbons (Fsp3) is 0.200. The SMILES string of the molecule is CCCCc1ccc(O)c2c(-c3cccc4ccccc34)cc(C)cc12. The minimum atomic E-state index is 0.364. The molecule has 0 bridgehead atoms. The summed E-state index contributed by atoms with van der Waals surface area (Å²) in [6.07, 6.45) is 3.38. The lowest BCUT2D eigenvalue weighted by molar-refractivity contribution is 0.481. The molecule has 0 aromatic heterocycles. The van der Waals surface area contributed by atoms with Crippen LogP contribution in [0, 0.1) is 6.92 Å². The minimum Gasteiger partial charge on any atom is -0.507 e. The van der Waals surface area contributed by atoms with Crippen LogP contribution in [-0.4, -0.2) is 5.11 Å². The molecule has 4 aromatic carbocycles. The number of unbranched alkanes of at least 4 members (excludes halogenated alkanes) is 1. The van der Waals surface area contributed by atoms with Crippen molar-refractivity contribution in [3.05, 3.63) is 77.9 Å². The van der Waals surface area contributed by atoms with Crippen LogP contribution in [0.5, 0.6) is 5.75 Å². The Morgan fingerprint density at radius 3 is 2.46 bits per heavy atom. The van der Waals surface area contributed by atoms with Crippen LogP contribution in [0.25, 0.3) is 32.7 Å². The van der Waals surface area contributed by atoms with Crippen molar-refractivity contribution in [2.75, 3.05) is 0 Å². The third kappa shape index (κ3) is 2.84. The van der Waals surface area contributed by atoms with E-state index < -0.39 is 0 Å². The predicted molar refractivity (Wildman–Crippen MR) is 112 cm³/mol. The molecule has 130 valence electrons. The van der Waals surface area contributed by atoms with Crippen molar-refractivity contribution in [1.29, 1.82) is 0 Å². The summed E-state index contributed by atoms with van der Waals surface area (Å²) in [5.41, 5.74) is 4.85. The van der Waals surface area contributed by atoms with Crippen molar-refractivity contribution in [3.63, 3.8) is 0 Å². The number of phenols is 1. The summed E-state index contributed by atoms with van der Waals surface area (Å²) in [6.45, 7) is 4.36. The molecule has 1 nitrogen and oxygen atoms in total. The van der Waals surface area contributed by atoms with E-state index in [9.17, 15) is 5.11 Å². The first kappa shape index (κ1) is 16.7. The molecule has 0 radical (unpaired) electrons. The Labute approximate surface area is 154 Å². The van der Waals surface area contributed by atoms with E-state index in [-0.39, 0.29) is 0 Å². The van der Waals surface area contributed by atoms with Crippen LogP contribution in [0.1, 0.15) is 30.9 Å². The molecule has 1 N–H and O–H groups in total. The van der Waals surface area contributed by atoms with Gasteiger partial charge in [0.25, 0.3) is 0 Å². The number of phenolic OH excluding ortho intramolecular Hbond substituents is 1. The summed E-state index contributed by atoms with van der Waals surface area (Å²) < 4.78 is 0. The van der Waals surface area contributed by atoms with Gasteiger partial charge < -0.3 is 5.11 Å². The molecule has 0 spiro atoms. The quantitative estimate of drug-likeness (QED) is 0.423. The number of benzene rings is 4. The van der Waals surface area contributed by atoms with Crippen LogP contribution in [-0.2, 0) is 6.42 Å². The average molecular weight is 340 g/mol. The first-order valence-corrected chi connectivity index (χ1v) is 9.42. The molecular weight excluding hydrogens is 316 g/mol. The van der Waals surface area contributed by atoms with E-state index in [0.717, 1.165) is 23.8 Å². The number of aromatic hydroxyl groups is 1. The van der Waals surface area contributed by atoms with Gasteiger partial charge in [-0.3, -0.25) is 0 Å². The summed E-state index contributed by atoms with van der Waals surface area (Å²) in [7, 11) is 0. The van der Waals surface area contributed by atoms with E-state index in [1.165, 1.54) is 39.3 Å². The van der Waals surface area contributed by atoms with Gasteiger partial charge in [0.2, 0.25) is 0 Å². The topological polar surface area (TPSA) is 20.2 Å². The number of aryl methyl sites for hydroxylation is 2. The van der Waals surface area contributed by atoms with Crippen LogP contribution in [0.2, 0.25) is 0 Å². The lowest BCUT2D eigenvalue weighted by Crippen LogP contribution is -1.92. The second kappa shape index (κ2) is 6.84. The highest BCUT2D eigenvalue weighted by molar-refractivity contribution is 6.08. The van der Waals surface area contributed by atoms with E-state index in [2.05, 4.69) is 74.5 Å². The zero-order valence-corrected chi connectivity index (χ0v) is 15.4. The van der Waals surface area contributed by atoms with Gasteiger partial charge in [-0.25, -0.2) is 0 Å². The van der Waals surface area contributed by atoms with Gasteiger partial charge in [0.15, 0.2) is 0 Å². The normalized spacial score (nSPS) is 11.3. The molecule has 0 amide bonds. The van der Waals surface area contributed by atoms with Crippen molar-refractivity contribution >= 4 is 21.5 Å². The average Bonchev–Trinajstić information content (AvgIpc) is 2.66. The lowest BCUT2D eigenvalue weighted by Gasteiger charge is -2.15. The second-order valence-corrected chi connectivity index (χ2v) is 7.11. The van der Waals surface area contributed by atoms with E-state index in [1.807, 2.05) is 6.07 Å². The third-order valence-electron chi connectivity index (χ3n) is 5.21. The zero-order valence-electron chi connectivity index (χ0n) is 15.4. The van der Waals surface area contributed by atoms with Gasteiger partial charge in [-0.05, 0) is 64.2 Å². The molecule has 0 aliphatic rings. The number of hydrogen-bond acceptors (Lipinski definition) is 1. The van der Waals surface area contributed by atoms with Crippen molar-refractivity contribution in [3.8, 4) is 16.9 Å². The van der Waals surface area contributed by atoms with Gasteiger partial charge in [0.05, 0.1) is 0 Å². The Morgan fingerprint density at radius 2 is 1.62 bits per heavy atom. The second-order valence-electron chi connectivity index (χ2n) is 7.11. The van der Waals surface area contributed by atoms with Crippen molar-refractivity contribution in [2.45, 2.75) is 33.1 Å². The van der Waals surface area contributed by atoms with Gasteiger partial charge >= 0.3 is 0 Å². The van der Waals surface area contributed by atoms with Crippen LogP contribution in [0.4, 0.5) is 0 Å². The minimum absolute atomic E-state index is 0.364. The molecule has 4 rings (SSSR count). The van der Waals surface area contributed by atoms with Crippen molar-refractivity contribution < 1.29 is 5.11 Å². The molecule has 0 fully saturated rings. The monoisotopic (exact) mass is 340 g/mol. The molecule has 0 aliphatic carbocycles. The first-order valence-electron chi connectivity index (χ1n) is 9.42. The molecule has 1 heteroatoms. The summed E-state index contributed by atoms with van der Waals surface area (Å²) >= 11 is 0. The maximum atomic E-state index is 10.7. The van der Waals surface area contributed by atoms with E-state index in [4.69, 9.17) is 0 Å². The highest BCUT2D eigenvalue weighted by Gasteiger charge is 2.14. The van der Waals surface area contributed by atoms with Crippen molar-refractivity contribution in [2.24, 2.45) is 0 Å². The standard InChI is InChI=1S/C25H24O/c1-3-4-8-19-13-14-24(26)25-22(19)15-17(2)16-23(25)21-12-7-10-18-9-5-6-11-20(18)21/h5-7,9-16,26H,3-4,8H2,1-2H3. The molecule has 4 aromatic rings. The molecule has 0 unspecified atom stereocenters. The van der Waals surface area contributed by atoms with Crippen LogP contribution in [0.15, 0.2) is 66.7 Å². The summed E-state index contributed by atoms with van der Waals surface area (Å²) in [4.78, 5) is 0. The lowest BCUT2D eigenvalue weighted by atomic mass is 9.89. The fourth-order valence-corrected chi connectivity index (χ4v) is 3.93. The Balaban J connectivity index is 2.06. The summed E-state index contributed by atoms with van der Waals surface area (Å²) in [5.74, 6) is 0.364. The van der Waals surface area contributed by atoms with Gasteiger partial charge in [-0.1, -0.05) is 74.0 Å². The Kier molecular flexibility index (Phi) is 4.38. The van der Waals surface area contributed by atoms with Gasteiger partial charge in [0, 0.05) is 5.39 Å². The summed E-state index contributed by atoms with van der Waals surface area (Å²) in [6, 6.07) is 23.2. The molecule has 0 aliphatic heterocycles. The third-order valence-corrected chi connectivity index (χ3v) is 5.21. The van der Waals surface area contributed by atoms with Crippen LogP contribution >= 0.6 is 0 Å². The Morgan fingerprint density at radius 1 is 0.808 bits per heavy atom. The highest BCUT2D eigenvalue weighted by atomic mass is 16.3. The summed E-state index contributed by atoms with van der Waals surface area (Å²) in [5, 5.41) is 15.3. The van der Waals surface area contributed by atoms with Crippen LogP contribution < -0.4 is 0 Å². The Bertz CT molecular complexity index is 1090. The predicted octanol–water partition coefficient (Wildman–Crippen LogP) is 7.02. The Hall–Kier alpha value is -2.80. The number of rotatable bonds is 4. The molecular formula is C25H24O. The highest BCUT2D eigenvalue weighted by Crippen LogP contribution is 2.40. The van der Waals surface area contributed by atoms with Gasteiger partial charge in [-0.2, -0.15) is 0 Å². The molecule has 26 heavy (non-hydrogen) atoms. The molecule has 0 saturated heterocycles. The maximum absolute atomic E-state index is 10.7. The molecule has 0 heterocycles. The van der Waals surface area contributed by atoms with E-state index in [1.54, 1.807) is 0 Å². The largest absolute Gasteiger partial charge is 0.507 e. The smallest absolute Gasteiger partial charge is 0.124 e. The maximum Gasteiger partial charge on any atom is 0.124 e. The first-order chi connectivity index (χ1) is 12.7. The molecule has 0 saturated carbocycles.